The maximum absolute atomic E-state index is 13.5. The van der Waals surface area contributed by atoms with Crippen LogP contribution in [0.1, 0.15) is 68.1 Å². The standard InChI is InChI=1S/C28H33F2N3O4/c1-16(2)20-13-21(23(35)14-22(20)34)26-24(25(32-37-26)27(36)31-17(3)4)19-7-5-18(6-8-19)15-33-11-9-28(29,30)10-12-33/h5-8,13-14,16-17,34-35H,9-12,15H2,1-4H3,(H,31,36). The van der Waals surface area contributed by atoms with Gasteiger partial charge in [-0.1, -0.05) is 43.3 Å². The maximum Gasteiger partial charge on any atom is 0.274 e. The van der Waals surface area contributed by atoms with E-state index in [1.807, 2.05) is 56.9 Å². The molecular formula is C28H33F2N3O4. The molecule has 2 aromatic carbocycles. The van der Waals surface area contributed by atoms with Crippen LogP contribution in [0, 0.1) is 0 Å². The van der Waals surface area contributed by atoms with E-state index < -0.39 is 11.8 Å². The van der Waals surface area contributed by atoms with Crippen molar-refractivity contribution in [2.75, 3.05) is 13.1 Å². The molecule has 0 radical (unpaired) electrons. The molecule has 0 unspecified atom stereocenters. The van der Waals surface area contributed by atoms with Crippen LogP contribution in [0.5, 0.6) is 11.5 Å². The Balaban J connectivity index is 1.72. The fourth-order valence-electron chi connectivity index (χ4n) is 4.54. The van der Waals surface area contributed by atoms with Crippen molar-refractivity contribution in [3.63, 3.8) is 0 Å². The molecule has 9 heteroatoms. The van der Waals surface area contributed by atoms with Crippen LogP contribution >= 0.6 is 0 Å². The van der Waals surface area contributed by atoms with E-state index in [2.05, 4.69) is 10.5 Å². The number of carbonyl (C=O) groups is 1. The first-order valence-electron chi connectivity index (χ1n) is 12.5. The van der Waals surface area contributed by atoms with Gasteiger partial charge in [-0.05, 0) is 42.5 Å². The van der Waals surface area contributed by atoms with Crippen LogP contribution in [-0.2, 0) is 6.54 Å². The number of likely N-dealkylation sites (tertiary alicyclic amines) is 1. The molecule has 3 aromatic rings. The van der Waals surface area contributed by atoms with Crippen LogP contribution in [0.15, 0.2) is 40.9 Å². The van der Waals surface area contributed by atoms with Gasteiger partial charge in [0, 0.05) is 44.6 Å². The highest BCUT2D eigenvalue weighted by Crippen LogP contribution is 2.43. The third-order valence-corrected chi connectivity index (χ3v) is 6.57. The zero-order valence-corrected chi connectivity index (χ0v) is 21.5. The summed E-state index contributed by atoms with van der Waals surface area (Å²) in [7, 11) is 0. The molecule has 4 rings (SSSR count). The van der Waals surface area contributed by atoms with Crippen LogP contribution in [0.4, 0.5) is 8.78 Å². The van der Waals surface area contributed by atoms with Crippen LogP contribution in [0.3, 0.4) is 0 Å². The Morgan fingerprint density at radius 3 is 2.32 bits per heavy atom. The summed E-state index contributed by atoms with van der Waals surface area (Å²) in [5.41, 5.74) is 3.02. The average Bonchev–Trinajstić information content (AvgIpc) is 3.25. The molecular weight excluding hydrogens is 480 g/mol. The Hall–Kier alpha value is -3.46. The van der Waals surface area contributed by atoms with E-state index in [-0.39, 0.29) is 47.8 Å². The summed E-state index contributed by atoms with van der Waals surface area (Å²) < 4.78 is 32.6. The monoisotopic (exact) mass is 513 g/mol. The number of hydrogen-bond acceptors (Lipinski definition) is 6. The van der Waals surface area contributed by atoms with Gasteiger partial charge in [-0.25, -0.2) is 8.78 Å². The van der Waals surface area contributed by atoms with E-state index in [1.54, 1.807) is 6.07 Å². The van der Waals surface area contributed by atoms with Crippen molar-refractivity contribution in [1.29, 1.82) is 0 Å². The molecule has 0 bridgehead atoms. The van der Waals surface area contributed by atoms with Gasteiger partial charge in [-0.3, -0.25) is 9.69 Å². The summed E-state index contributed by atoms with van der Waals surface area (Å²) >= 11 is 0. The highest BCUT2D eigenvalue weighted by Gasteiger charge is 2.34. The first kappa shape index (κ1) is 26.6. The van der Waals surface area contributed by atoms with Gasteiger partial charge in [0.1, 0.15) is 11.5 Å². The summed E-state index contributed by atoms with van der Waals surface area (Å²) in [6.07, 6.45) is -0.282. The molecule has 0 saturated carbocycles. The van der Waals surface area contributed by atoms with Gasteiger partial charge in [0.05, 0.1) is 11.1 Å². The molecule has 0 aliphatic carbocycles. The summed E-state index contributed by atoms with van der Waals surface area (Å²) in [5.74, 6) is -3.06. The number of alkyl halides is 2. The van der Waals surface area contributed by atoms with E-state index in [0.717, 1.165) is 5.56 Å². The predicted molar refractivity (Wildman–Crippen MR) is 137 cm³/mol. The lowest BCUT2D eigenvalue weighted by Gasteiger charge is -2.31. The molecule has 1 aliphatic rings. The molecule has 1 fully saturated rings. The Kier molecular flexibility index (Phi) is 7.54. The molecule has 0 spiro atoms. The number of aromatic nitrogens is 1. The first-order chi connectivity index (χ1) is 17.4. The van der Waals surface area contributed by atoms with Crippen LogP contribution in [-0.4, -0.2) is 51.2 Å². The predicted octanol–water partition coefficient (Wildman–Crippen LogP) is 5.91. The minimum atomic E-state index is -2.59. The number of phenolic OH excluding ortho intramolecular Hbond substituents is 2. The van der Waals surface area contributed by atoms with E-state index in [4.69, 9.17) is 4.52 Å². The topological polar surface area (TPSA) is 98.8 Å². The number of phenols is 2. The summed E-state index contributed by atoms with van der Waals surface area (Å²) in [4.78, 5) is 15.0. The fourth-order valence-corrected chi connectivity index (χ4v) is 4.54. The normalized spacial score (nSPS) is 15.9. The number of amides is 1. The quantitative estimate of drug-likeness (QED) is 0.363. The highest BCUT2D eigenvalue weighted by atomic mass is 19.3. The Morgan fingerprint density at radius 2 is 1.73 bits per heavy atom. The molecule has 3 N–H and O–H groups in total. The molecule has 1 aromatic heterocycles. The third-order valence-electron chi connectivity index (χ3n) is 6.57. The van der Waals surface area contributed by atoms with Crippen LogP contribution < -0.4 is 5.32 Å². The SMILES string of the molecule is CC(C)NC(=O)c1noc(-c2cc(C(C)C)c(O)cc2O)c1-c1ccc(CN2CCC(F)(F)CC2)cc1. The van der Waals surface area contributed by atoms with Gasteiger partial charge in [0.2, 0.25) is 0 Å². The zero-order chi connectivity index (χ0) is 26.9. The molecule has 2 heterocycles. The van der Waals surface area contributed by atoms with E-state index in [1.165, 1.54) is 6.07 Å². The van der Waals surface area contributed by atoms with Crippen molar-refractivity contribution < 1.29 is 28.3 Å². The molecule has 7 nitrogen and oxygen atoms in total. The van der Waals surface area contributed by atoms with Crippen molar-refractivity contribution in [2.45, 2.75) is 65.0 Å². The second-order valence-electron chi connectivity index (χ2n) is 10.3. The fraction of sp³-hybridized carbons (Fsp3) is 0.429. The minimum Gasteiger partial charge on any atom is -0.508 e. The highest BCUT2D eigenvalue weighted by molar-refractivity contribution is 6.02. The number of benzene rings is 2. The summed E-state index contributed by atoms with van der Waals surface area (Å²) in [6, 6.07) is 10.2. The lowest BCUT2D eigenvalue weighted by molar-refractivity contribution is -0.0566. The zero-order valence-electron chi connectivity index (χ0n) is 21.5. The lowest BCUT2D eigenvalue weighted by atomic mass is 9.94. The largest absolute Gasteiger partial charge is 0.508 e. The number of piperidine rings is 1. The average molecular weight is 514 g/mol. The van der Waals surface area contributed by atoms with Gasteiger partial charge < -0.3 is 20.1 Å². The Labute approximate surface area is 215 Å². The number of halogens is 2. The van der Waals surface area contributed by atoms with Gasteiger partial charge >= 0.3 is 0 Å². The van der Waals surface area contributed by atoms with Gasteiger partial charge in [0.25, 0.3) is 11.8 Å². The van der Waals surface area contributed by atoms with Gasteiger partial charge in [-0.2, -0.15) is 0 Å². The van der Waals surface area contributed by atoms with Crippen LogP contribution in [0.2, 0.25) is 0 Å². The minimum absolute atomic E-state index is 0.0246. The number of rotatable bonds is 7. The van der Waals surface area contributed by atoms with Crippen molar-refractivity contribution in [3.05, 3.63) is 53.2 Å². The van der Waals surface area contributed by atoms with Crippen molar-refractivity contribution in [2.24, 2.45) is 0 Å². The molecule has 0 atom stereocenters. The molecule has 1 saturated heterocycles. The van der Waals surface area contributed by atoms with Crippen molar-refractivity contribution >= 4 is 5.91 Å². The molecule has 1 aliphatic heterocycles. The van der Waals surface area contributed by atoms with Gasteiger partial charge in [-0.15, -0.1) is 0 Å². The number of nitrogens with zero attached hydrogens (tertiary/aromatic N) is 2. The number of hydrogen-bond donors (Lipinski definition) is 3. The molecule has 198 valence electrons. The van der Waals surface area contributed by atoms with E-state index in [9.17, 15) is 23.8 Å². The van der Waals surface area contributed by atoms with E-state index in [0.29, 0.717) is 41.9 Å². The number of nitrogens with one attached hydrogen (secondary N) is 1. The Bertz CT molecular complexity index is 1260. The lowest BCUT2D eigenvalue weighted by Crippen LogP contribution is -2.38. The number of aromatic hydroxyl groups is 2. The maximum atomic E-state index is 13.5. The Morgan fingerprint density at radius 1 is 1.08 bits per heavy atom. The second kappa shape index (κ2) is 10.5. The summed E-state index contributed by atoms with van der Waals surface area (Å²) in [5, 5.41) is 27.8. The molecule has 37 heavy (non-hydrogen) atoms. The van der Waals surface area contributed by atoms with Crippen LogP contribution in [0.25, 0.3) is 22.5 Å². The van der Waals surface area contributed by atoms with Gasteiger partial charge in [0.15, 0.2) is 11.5 Å². The van der Waals surface area contributed by atoms with Crippen molar-refractivity contribution in [3.8, 4) is 33.9 Å². The number of carbonyl (C=O) groups excluding carboxylic acids is 1. The van der Waals surface area contributed by atoms with Crippen molar-refractivity contribution in [1.82, 2.24) is 15.4 Å². The smallest absolute Gasteiger partial charge is 0.274 e. The van der Waals surface area contributed by atoms with E-state index >= 15 is 0 Å². The third kappa shape index (κ3) is 5.93. The second-order valence-corrected chi connectivity index (χ2v) is 10.3. The first-order valence-corrected chi connectivity index (χ1v) is 12.5. The molecule has 1 amide bonds. The summed E-state index contributed by atoms with van der Waals surface area (Å²) in [6.45, 7) is 8.73.